The average Bonchev–Trinajstić information content (AvgIpc) is 2.79. The summed E-state index contributed by atoms with van der Waals surface area (Å²) >= 11 is 3.50. The highest BCUT2D eigenvalue weighted by Crippen LogP contribution is 2.52. The Labute approximate surface area is 202 Å². The van der Waals surface area contributed by atoms with Crippen LogP contribution in [-0.4, -0.2) is 33.7 Å². The van der Waals surface area contributed by atoms with Crippen molar-refractivity contribution >= 4 is 38.7 Å². The van der Waals surface area contributed by atoms with Crippen molar-refractivity contribution in [2.45, 2.75) is 89.8 Å². The summed E-state index contributed by atoms with van der Waals surface area (Å²) in [6.45, 7) is 3.90. The quantitative estimate of drug-likeness (QED) is 0.430. The lowest BCUT2D eigenvalue weighted by atomic mass is 9.57. The number of carbonyl (C=O) groups is 2. The summed E-state index contributed by atoms with van der Waals surface area (Å²) in [6, 6.07) is 5.64. The zero-order valence-corrected chi connectivity index (χ0v) is 20.9. The van der Waals surface area contributed by atoms with Crippen LogP contribution in [0.2, 0.25) is 0 Å². The van der Waals surface area contributed by atoms with E-state index in [1.807, 2.05) is 32.0 Å². The van der Waals surface area contributed by atoms with Crippen LogP contribution in [0.4, 0.5) is 4.39 Å². The van der Waals surface area contributed by atoms with Gasteiger partial charge in [0, 0.05) is 27.5 Å². The Bertz CT molecular complexity index is 1060. The van der Waals surface area contributed by atoms with E-state index >= 15 is 0 Å². The molecule has 5 rings (SSSR count). The summed E-state index contributed by atoms with van der Waals surface area (Å²) in [6.07, 6.45) is 5.28. The molecule has 1 aromatic heterocycles. The number of nitrogens with one attached hydrogen (secondary N) is 1. The second kappa shape index (κ2) is 9.32. The standard InChI is InChI=1S/C26H32BrFN2O3/c1-3-4-5-18(28)15-21-16(2)22(19-14-17(27)6-7-20(19)29-21)23(31)30-26-11-8-25(9-12-26,10-13-26)24(32)33/h6-7,14,18H,3-5,8-13,15H2,1-2H3,(H,30,31)(H,32,33). The van der Waals surface area contributed by atoms with Gasteiger partial charge in [0.1, 0.15) is 6.17 Å². The third kappa shape index (κ3) is 4.66. The summed E-state index contributed by atoms with van der Waals surface area (Å²) in [4.78, 5) is 30.2. The highest BCUT2D eigenvalue weighted by atomic mass is 79.9. The van der Waals surface area contributed by atoms with E-state index in [0.717, 1.165) is 28.3 Å². The molecule has 1 unspecified atom stereocenters. The molecular formula is C26H32BrFN2O3. The summed E-state index contributed by atoms with van der Waals surface area (Å²) in [5.74, 6) is -0.885. The van der Waals surface area contributed by atoms with Crippen LogP contribution in [0, 0.1) is 12.3 Å². The first-order valence-corrected chi connectivity index (χ1v) is 12.8. The molecular weight excluding hydrogens is 487 g/mol. The fourth-order valence-electron chi connectivity index (χ4n) is 5.61. The highest BCUT2D eigenvalue weighted by molar-refractivity contribution is 9.10. The minimum absolute atomic E-state index is 0.173. The molecule has 0 radical (unpaired) electrons. The Morgan fingerprint density at radius 3 is 2.48 bits per heavy atom. The van der Waals surface area contributed by atoms with Crippen molar-refractivity contribution in [2.75, 3.05) is 0 Å². The largest absolute Gasteiger partial charge is 0.481 e. The van der Waals surface area contributed by atoms with Crippen molar-refractivity contribution in [2.24, 2.45) is 5.41 Å². The first-order valence-electron chi connectivity index (χ1n) is 12.0. The van der Waals surface area contributed by atoms with Gasteiger partial charge in [-0.1, -0.05) is 35.7 Å². The Hall–Kier alpha value is -2.02. The van der Waals surface area contributed by atoms with Gasteiger partial charge in [-0.3, -0.25) is 14.6 Å². The lowest BCUT2D eigenvalue weighted by Gasteiger charge is -2.51. The van der Waals surface area contributed by atoms with Gasteiger partial charge in [0.25, 0.3) is 5.91 Å². The Balaban J connectivity index is 1.66. The Kier molecular flexibility index (Phi) is 6.81. The van der Waals surface area contributed by atoms with Crippen LogP contribution in [0.5, 0.6) is 0 Å². The number of carboxylic acids is 1. The van der Waals surface area contributed by atoms with Crippen LogP contribution in [-0.2, 0) is 11.2 Å². The van der Waals surface area contributed by atoms with Crippen LogP contribution in [0.1, 0.15) is 86.3 Å². The average molecular weight is 519 g/mol. The lowest BCUT2D eigenvalue weighted by molar-refractivity contribution is -0.156. The molecule has 1 atom stereocenters. The molecule has 7 heteroatoms. The number of pyridine rings is 1. The number of amides is 1. The van der Waals surface area contributed by atoms with Crippen molar-refractivity contribution < 1.29 is 19.1 Å². The van der Waals surface area contributed by atoms with Gasteiger partial charge in [-0.05, 0) is 75.6 Å². The number of aromatic nitrogens is 1. The predicted molar refractivity (Wildman–Crippen MR) is 130 cm³/mol. The third-order valence-electron chi connectivity index (χ3n) is 7.88. The maximum atomic E-state index is 14.7. The summed E-state index contributed by atoms with van der Waals surface area (Å²) < 4.78 is 15.5. The van der Waals surface area contributed by atoms with Crippen molar-refractivity contribution in [1.82, 2.24) is 10.3 Å². The molecule has 178 valence electrons. The van der Waals surface area contributed by atoms with Gasteiger partial charge < -0.3 is 10.4 Å². The smallest absolute Gasteiger partial charge is 0.309 e. The first kappa shape index (κ1) is 24.1. The molecule has 2 aromatic rings. The number of aliphatic carboxylic acids is 1. The zero-order valence-electron chi connectivity index (χ0n) is 19.3. The van der Waals surface area contributed by atoms with E-state index in [9.17, 15) is 19.1 Å². The second-order valence-electron chi connectivity index (χ2n) is 9.98. The van der Waals surface area contributed by atoms with Crippen molar-refractivity contribution in [3.63, 3.8) is 0 Å². The minimum atomic E-state index is -0.987. The van der Waals surface area contributed by atoms with Gasteiger partial charge in [0.05, 0.1) is 16.5 Å². The van der Waals surface area contributed by atoms with Crippen LogP contribution >= 0.6 is 15.9 Å². The van der Waals surface area contributed by atoms with Crippen LogP contribution < -0.4 is 5.32 Å². The molecule has 3 aliphatic rings. The van der Waals surface area contributed by atoms with Gasteiger partial charge >= 0.3 is 5.97 Å². The molecule has 3 aliphatic carbocycles. The molecule has 0 aliphatic heterocycles. The molecule has 3 fully saturated rings. The normalized spacial score (nSPS) is 25.2. The number of unbranched alkanes of at least 4 members (excludes halogenated alkanes) is 1. The van der Waals surface area contributed by atoms with Gasteiger partial charge in [-0.2, -0.15) is 0 Å². The minimum Gasteiger partial charge on any atom is -0.481 e. The SMILES string of the molecule is CCCCC(F)Cc1nc2ccc(Br)cc2c(C(=O)NC23CCC(C(=O)O)(CC2)CC3)c1C. The fourth-order valence-corrected chi connectivity index (χ4v) is 5.97. The van der Waals surface area contributed by atoms with E-state index in [0.29, 0.717) is 61.7 Å². The molecule has 1 heterocycles. The molecule has 1 aromatic carbocycles. The maximum Gasteiger partial charge on any atom is 0.309 e. The topological polar surface area (TPSA) is 79.3 Å². The number of benzene rings is 1. The van der Waals surface area contributed by atoms with E-state index in [1.54, 1.807) is 0 Å². The number of halogens is 2. The summed E-state index contributed by atoms with van der Waals surface area (Å²) in [7, 11) is 0. The van der Waals surface area contributed by atoms with E-state index in [-0.39, 0.29) is 17.9 Å². The predicted octanol–water partition coefficient (Wildman–Crippen LogP) is 6.28. The fraction of sp³-hybridized carbons (Fsp3) is 0.577. The van der Waals surface area contributed by atoms with E-state index < -0.39 is 17.6 Å². The summed E-state index contributed by atoms with van der Waals surface area (Å²) in [5.41, 5.74) is 1.59. The number of fused-ring (bicyclic) bond motifs is 4. The number of rotatable bonds is 8. The van der Waals surface area contributed by atoms with Crippen LogP contribution in [0.25, 0.3) is 10.9 Å². The monoisotopic (exact) mass is 518 g/mol. The number of carbonyl (C=O) groups excluding carboxylic acids is 1. The molecule has 33 heavy (non-hydrogen) atoms. The summed E-state index contributed by atoms with van der Waals surface area (Å²) in [5, 5.41) is 13.7. The van der Waals surface area contributed by atoms with Crippen LogP contribution in [0.15, 0.2) is 22.7 Å². The van der Waals surface area contributed by atoms with Crippen LogP contribution in [0.3, 0.4) is 0 Å². The molecule has 0 saturated heterocycles. The van der Waals surface area contributed by atoms with Gasteiger partial charge in [-0.15, -0.1) is 0 Å². The second-order valence-corrected chi connectivity index (χ2v) is 10.9. The molecule has 1 amide bonds. The van der Waals surface area contributed by atoms with Crippen molar-refractivity contribution in [3.8, 4) is 0 Å². The van der Waals surface area contributed by atoms with Crippen molar-refractivity contribution in [3.05, 3.63) is 39.5 Å². The number of hydrogen-bond acceptors (Lipinski definition) is 3. The molecule has 3 saturated carbocycles. The Morgan fingerprint density at radius 1 is 1.21 bits per heavy atom. The lowest BCUT2D eigenvalue weighted by Crippen LogP contribution is -2.58. The van der Waals surface area contributed by atoms with Gasteiger partial charge in [0.2, 0.25) is 0 Å². The Morgan fingerprint density at radius 2 is 1.88 bits per heavy atom. The highest BCUT2D eigenvalue weighted by Gasteiger charge is 2.53. The van der Waals surface area contributed by atoms with E-state index in [2.05, 4.69) is 21.2 Å². The number of nitrogens with zero attached hydrogens (tertiary/aromatic N) is 1. The third-order valence-corrected chi connectivity index (χ3v) is 8.38. The maximum absolute atomic E-state index is 14.7. The first-order chi connectivity index (χ1) is 15.7. The van der Waals surface area contributed by atoms with E-state index in [1.165, 1.54) is 0 Å². The van der Waals surface area contributed by atoms with Crippen molar-refractivity contribution in [1.29, 1.82) is 0 Å². The molecule has 2 N–H and O–H groups in total. The van der Waals surface area contributed by atoms with E-state index in [4.69, 9.17) is 4.98 Å². The van der Waals surface area contributed by atoms with Gasteiger partial charge in [-0.25, -0.2) is 4.39 Å². The molecule has 5 nitrogen and oxygen atoms in total. The number of carboxylic acid groups (broad SMARTS) is 1. The number of hydrogen-bond donors (Lipinski definition) is 2. The molecule has 2 bridgehead atoms. The van der Waals surface area contributed by atoms with Gasteiger partial charge in [0.15, 0.2) is 0 Å². The zero-order chi connectivity index (χ0) is 23.8. The number of alkyl halides is 1. The molecule has 0 spiro atoms.